The molecule has 2 aromatic rings. The van der Waals surface area contributed by atoms with Crippen molar-refractivity contribution in [3.8, 4) is 0 Å². The van der Waals surface area contributed by atoms with Gasteiger partial charge in [-0.05, 0) is 11.6 Å². The summed E-state index contributed by atoms with van der Waals surface area (Å²) >= 11 is 6.25. The minimum absolute atomic E-state index is 0.0155. The Kier molecular flexibility index (Phi) is 4.39. The second-order valence-electron chi connectivity index (χ2n) is 4.53. The Bertz CT molecular complexity index is 632. The predicted octanol–water partition coefficient (Wildman–Crippen LogP) is 2.39. The van der Waals surface area contributed by atoms with Gasteiger partial charge in [-0.15, -0.1) is 0 Å². The summed E-state index contributed by atoms with van der Waals surface area (Å²) in [5.41, 5.74) is 7.02. The maximum atomic E-state index is 7.41. The third-order valence-electron chi connectivity index (χ3n) is 3.11. The third kappa shape index (κ3) is 2.99. The summed E-state index contributed by atoms with van der Waals surface area (Å²) in [5.74, 6) is 1.81. The molecule has 5 nitrogen and oxygen atoms in total. The Balaban J connectivity index is 2.30. The van der Waals surface area contributed by atoms with Crippen LogP contribution < -0.4 is 5.73 Å². The molecule has 0 bridgehead atoms. The lowest BCUT2D eigenvalue weighted by molar-refractivity contribution is 0.637. The summed E-state index contributed by atoms with van der Waals surface area (Å²) in [6.07, 6.45) is 1.65. The van der Waals surface area contributed by atoms with E-state index in [9.17, 15) is 0 Å². The van der Waals surface area contributed by atoms with Gasteiger partial charge in [-0.25, -0.2) is 9.67 Å². The van der Waals surface area contributed by atoms with Crippen LogP contribution in [0.15, 0.2) is 18.2 Å². The van der Waals surface area contributed by atoms with Crippen LogP contribution in [-0.4, -0.2) is 20.6 Å². The molecule has 1 heterocycles. The van der Waals surface area contributed by atoms with Crippen molar-refractivity contribution in [2.45, 2.75) is 33.2 Å². The SMILES string of the molecule is CCc1nc(CC)n(Cc2ccc(C(=N)N)cc2Cl)n1. The maximum Gasteiger partial charge on any atom is 0.150 e. The van der Waals surface area contributed by atoms with E-state index in [0.29, 0.717) is 17.1 Å². The Morgan fingerprint density at radius 2 is 2.10 bits per heavy atom. The van der Waals surface area contributed by atoms with Crippen molar-refractivity contribution in [1.29, 1.82) is 5.41 Å². The Labute approximate surface area is 123 Å². The molecule has 0 amide bonds. The van der Waals surface area contributed by atoms with Crippen molar-refractivity contribution in [1.82, 2.24) is 14.8 Å². The van der Waals surface area contributed by atoms with Crippen molar-refractivity contribution < 1.29 is 0 Å². The molecule has 0 atom stereocenters. The van der Waals surface area contributed by atoms with Gasteiger partial charge in [0.25, 0.3) is 0 Å². The molecule has 20 heavy (non-hydrogen) atoms. The number of nitrogen functional groups attached to an aromatic ring is 1. The second kappa shape index (κ2) is 6.05. The Morgan fingerprint density at radius 3 is 2.65 bits per heavy atom. The van der Waals surface area contributed by atoms with Crippen LogP contribution in [0.2, 0.25) is 5.02 Å². The van der Waals surface area contributed by atoms with Gasteiger partial charge in [0.05, 0.1) is 6.54 Å². The van der Waals surface area contributed by atoms with E-state index in [0.717, 1.165) is 30.1 Å². The molecule has 0 saturated heterocycles. The van der Waals surface area contributed by atoms with Crippen molar-refractivity contribution >= 4 is 17.4 Å². The highest BCUT2D eigenvalue weighted by molar-refractivity contribution is 6.31. The molecule has 0 aliphatic heterocycles. The summed E-state index contributed by atoms with van der Waals surface area (Å²) in [7, 11) is 0. The monoisotopic (exact) mass is 291 g/mol. The van der Waals surface area contributed by atoms with E-state index in [4.69, 9.17) is 22.7 Å². The van der Waals surface area contributed by atoms with Crippen molar-refractivity contribution in [2.75, 3.05) is 0 Å². The van der Waals surface area contributed by atoms with E-state index >= 15 is 0 Å². The van der Waals surface area contributed by atoms with E-state index < -0.39 is 0 Å². The third-order valence-corrected chi connectivity index (χ3v) is 3.46. The van der Waals surface area contributed by atoms with Gasteiger partial charge in [0.1, 0.15) is 11.7 Å². The second-order valence-corrected chi connectivity index (χ2v) is 4.94. The molecule has 0 fully saturated rings. The van der Waals surface area contributed by atoms with Crippen LogP contribution in [-0.2, 0) is 19.4 Å². The highest BCUT2D eigenvalue weighted by Gasteiger charge is 2.10. The Morgan fingerprint density at radius 1 is 1.35 bits per heavy atom. The minimum atomic E-state index is 0.0155. The number of amidine groups is 1. The molecule has 0 aliphatic carbocycles. The predicted molar refractivity (Wildman–Crippen MR) is 80.3 cm³/mol. The summed E-state index contributed by atoms with van der Waals surface area (Å²) in [5, 5.41) is 12.5. The van der Waals surface area contributed by atoms with Gasteiger partial charge < -0.3 is 5.73 Å². The van der Waals surface area contributed by atoms with E-state index in [1.165, 1.54) is 0 Å². The number of nitrogens with zero attached hydrogens (tertiary/aromatic N) is 3. The van der Waals surface area contributed by atoms with Crippen molar-refractivity contribution in [3.63, 3.8) is 0 Å². The van der Waals surface area contributed by atoms with Crippen LogP contribution in [0.5, 0.6) is 0 Å². The van der Waals surface area contributed by atoms with Gasteiger partial charge in [-0.2, -0.15) is 5.10 Å². The molecule has 3 N–H and O–H groups in total. The van der Waals surface area contributed by atoms with Crippen molar-refractivity contribution in [3.05, 3.63) is 46.0 Å². The quantitative estimate of drug-likeness (QED) is 0.655. The number of rotatable bonds is 5. The molecule has 0 aliphatic rings. The first kappa shape index (κ1) is 14.5. The van der Waals surface area contributed by atoms with Gasteiger partial charge in [0, 0.05) is 23.4 Å². The summed E-state index contributed by atoms with van der Waals surface area (Å²) in [6.45, 7) is 4.67. The molecule has 106 valence electrons. The smallest absolute Gasteiger partial charge is 0.150 e. The van der Waals surface area contributed by atoms with Crippen LogP contribution >= 0.6 is 11.6 Å². The van der Waals surface area contributed by atoms with Gasteiger partial charge in [-0.3, -0.25) is 5.41 Å². The van der Waals surface area contributed by atoms with Gasteiger partial charge in [0.15, 0.2) is 5.82 Å². The zero-order valence-electron chi connectivity index (χ0n) is 11.7. The van der Waals surface area contributed by atoms with Gasteiger partial charge >= 0.3 is 0 Å². The lowest BCUT2D eigenvalue weighted by atomic mass is 10.1. The van der Waals surface area contributed by atoms with Gasteiger partial charge in [0.2, 0.25) is 0 Å². The topological polar surface area (TPSA) is 80.6 Å². The fraction of sp³-hybridized carbons (Fsp3) is 0.357. The lowest BCUT2D eigenvalue weighted by Crippen LogP contribution is -2.12. The number of aryl methyl sites for hydroxylation is 2. The molecular weight excluding hydrogens is 274 g/mol. The zero-order valence-corrected chi connectivity index (χ0v) is 12.4. The molecular formula is C14H18ClN5. The maximum absolute atomic E-state index is 7.41. The molecule has 1 aromatic heterocycles. The molecule has 0 unspecified atom stereocenters. The molecule has 2 rings (SSSR count). The van der Waals surface area contributed by atoms with Crippen LogP contribution in [0.1, 0.15) is 36.6 Å². The lowest BCUT2D eigenvalue weighted by Gasteiger charge is -2.08. The molecule has 0 saturated carbocycles. The van der Waals surface area contributed by atoms with Crippen LogP contribution in [0.25, 0.3) is 0 Å². The van der Waals surface area contributed by atoms with E-state index in [2.05, 4.69) is 17.0 Å². The number of halogens is 1. The minimum Gasteiger partial charge on any atom is -0.384 e. The van der Waals surface area contributed by atoms with Crippen LogP contribution in [0.3, 0.4) is 0 Å². The van der Waals surface area contributed by atoms with E-state index in [-0.39, 0.29) is 5.84 Å². The number of nitrogens with two attached hydrogens (primary N) is 1. The first-order valence-corrected chi connectivity index (χ1v) is 6.98. The normalized spacial score (nSPS) is 10.8. The molecule has 0 spiro atoms. The highest BCUT2D eigenvalue weighted by Crippen LogP contribution is 2.19. The van der Waals surface area contributed by atoms with Crippen LogP contribution in [0, 0.1) is 5.41 Å². The summed E-state index contributed by atoms with van der Waals surface area (Å²) in [4.78, 5) is 4.47. The van der Waals surface area contributed by atoms with Crippen molar-refractivity contribution in [2.24, 2.45) is 5.73 Å². The number of benzene rings is 1. The average molecular weight is 292 g/mol. The molecule has 0 radical (unpaired) electrons. The fourth-order valence-electron chi connectivity index (χ4n) is 1.97. The number of nitrogens with one attached hydrogen (secondary N) is 1. The standard InChI is InChI=1S/C14H18ClN5/c1-3-12-18-13(4-2)20(19-12)8-10-6-5-9(14(16)17)7-11(10)15/h5-7H,3-4,8H2,1-2H3,(H3,16,17). The summed E-state index contributed by atoms with van der Waals surface area (Å²) in [6, 6.07) is 5.39. The van der Waals surface area contributed by atoms with E-state index in [1.807, 2.05) is 17.7 Å². The first-order chi connectivity index (χ1) is 9.55. The van der Waals surface area contributed by atoms with Crippen LogP contribution in [0.4, 0.5) is 0 Å². The zero-order chi connectivity index (χ0) is 14.7. The van der Waals surface area contributed by atoms with E-state index in [1.54, 1.807) is 12.1 Å². The fourth-order valence-corrected chi connectivity index (χ4v) is 2.21. The number of hydrogen-bond acceptors (Lipinski definition) is 3. The number of aromatic nitrogens is 3. The van der Waals surface area contributed by atoms with Gasteiger partial charge in [-0.1, -0.05) is 37.6 Å². The average Bonchev–Trinajstić information content (AvgIpc) is 2.83. The Hall–Kier alpha value is -1.88. The molecule has 6 heteroatoms. The largest absolute Gasteiger partial charge is 0.384 e. The number of hydrogen-bond donors (Lipinski definition) is 2. The first-order valence-electron chi connectivity index (χ1n) is 6.60. The summed E-state index contributed by atoms with van der Waals surface area (Å²) < 4.78 is 1.88. The highest BCUT2D eigenvalue weighted by atomic mass is 35.5. The molecule has 1 aromatic carbocycles.